The number of hydrogen-bond donors (Lipinski definition) is 0. The first-order valence-corrected chi connectivity index (χ1v) is 13.5. The van der Waals surface area contributed by atoms with Crippen LogP contribution in [-0.4, -0.2) is 29.2 Å². The Balaban J connectivity index is 1.66. The van der Waals surface area contributed by atoms with E-state index in [0.717, 1.165) is 16.9 Å². The molecule has 2 aliphatic rings. The summed E-state index contributed by atoms with van der Waals surface area (Å²) in [5.74, 6) is -1.79. The lowest BCUT2D eigenvalue weighted by atomic mass is 9.84. The first kappa shape index (κ1) is 25.5. The third kappa shape index (κ3) is 3.73. The molecule has 0 unspecified atom stereocenters. The van der Waals surface area contributed by atoms with E-state index >= 15 is 0 Å². The Kier molecular flexibility index (Phi) is 5.85. The molecule has 200 valence electrons. The Labute approximate surface area is 234 Å². The summed E-state index contributed by atoms with van der Waals surface area (Å²) in [5, 5.41) is 17.1. The minimum Gasteiger partial charge on any atom is -0.545 e. The summed E-state index contributed by atoms with van der Waals surface area (Å²) in [5.41, 5.74) is 3.92. The maximum Gasteiger partial charge on any atom is 0.283 e. The first-order chi connectivity index (χ1) is 19.1. The number of anilines is 2. The Morgan fingerprint density at radius 3 is 2.30 bits per heavy atom. The summed E-state index contributed by atoms with van der Waals surface area (Å²) >= 11 is 1.27. The summed E-state index contributed by atoms with van der Waals surface area (Å²) in [6.07, 6.45) is 0. The van der Waals surface area contributed by atoms with Crippen molar-refractivity contribution in [1.29, 1.82) is 0 Å². The van der Waals surface area contributed by atoms with Crippen LogP contribution < -0.4 is 29.8 Å². The molecule has 6 rings (SSSR count). The van der Waals surface area contributed by atoms with Crippen LogP contribution in [0.25, 0.3) is 17.0 Å². The molecule has 8 nitrogen and oxygen atoms in total. The van der Waals surface area contributed by atoms with Crippen LogP contribution in [0.1, 0.15) is 36.7 Å². The average molecular weight is 550 g/mol. The second-order valence-corrected chi connectivity index (χ2v) is 11.3. The van der Waals surface area contributed by atoms with Gasteiger partial charge in [0.05, 0.1) is 34.3 Å². The molecule has 3 aromatic carbocycles. The van der Waals surface area contributed by atoms with Gasteiger partial charge in [0.25, 0.3) is 11.5 Å². The van der Waals surface area contributed by atoms with Crippen LogP contribution in [0.4, 0.5) is 11.4 Å². The molecule has 9 heteroatoms. The molecule has 2 aliphatic heterocycles. The van der Waals surface area contributed by atoms with Crippen molar-refractivity contribution in [2.75, 3.05) is 17.0 Å². The number of amides is 1. The number of carboxylic acids is 1. The van der Waals surface area contributed by atoms with E-state index in [1.807, 2.05) is 55.6 Å². The highest BCUT2D eigenvalue weighted by atomic mass is 32.1. The van der Waals surface area contributed by atoms with E-state index in [1.165, 1.54) is 34.5 Å². The van der Waals surface area contributed by atoms with Crippen LogP contribution in [0, 0.1) is 0 Å². The van der Waals surface area contributed by atoms with E-state index in [9.17, 15) is 19.5 Å². The number of para-hydroxylation sites is 2. The van der Waals surface area contributed by atoms with Gasteiger partial charge in [-0.25, -0.2) is 0 Å². The highest BCUT2D eigenvalue weighted by Crippen LogP contribution is 2.46. The number of likely N-dealkylation sites (N-methyl/N-ethyl adjacent to an activating group) is 1. The van der Waals surface area contributed by atoms with Gasteiger partial charge in [0, 0.05) is 18.2 Å². The topological polar surface area (TPSA) is 98.0 Å². The number of benzene rings is 3. The lowest BCUT2D eigenvalue weighted by Gasteiger charge is -2.23. The SMILES string of the molecule is CC1=NN(c2cccc(C(=O)[O-])c2)C(=O)/C1=c1/s/c(=C2/N(C)c3ccccc3C2(C)C)c(=O)n1-c1ccccc1. The highest BCUT2D eigenvalue weighted by Gasteiger charge is 2.40. The van der Waals surface area contributed by atoms with E-state index in [4.69, 9.17) is 0 Å². The number of nitrogens with zero attached hydrogens (tertiary/aromatic N) is 4. The van der Waals surface area contributed by atoms with Gasteiger partial charge in [-0.15, -0.1) is 11.3 Å². The molecule has 0 spiro atoms. The number of carbonyl (C=O) groups is 2. The minimum absolute atomic E-state index is 0.0614. The number of rotatable bonds is 3. The van der Waals surface area contributed by atoms with Crippen molar-refractivity contribution in [2.24, 2.45) is 5.10 Å². The van der Waals surface area contributed by atoms with Crippen molar-refractivity contribution >= 4 is 51.6 Å². The highest BCUT2D eigenvalue weighted by molar-refractivity contribution is 7.08. The third-order valence-electron chi connectivity index (χ3n) is 7.45. The van der Waals surface area contributed by atoms with E-state index in [1.54, 1.807) is 17.6 Å². The minimum atomic E-state index is -1.35. The second-order valence-electron chi connectivity index (χ2n) is 10.3. The molecule has 0 atom stereocenters. The zero-order valence-electron chi connectivity index (χ0n) is 22.3. The smallest absolute Gasteiger partial charge is 0.283 e. The molecule has 0 radical (unpaired) electrons. The van der Waals surface area contributed by atoms with Crippen molar-refractivity contribution in [1.82, 2.24) is 4.57 Å². The molecule has 0 saturated heterocycles. The Hall–Kier alpha value is -4.76. The van der Waals surface area contributed by atoms with Crippen LogP contribution in [0.15, 0.2) is 88.8 Å². The van der Waals surface area contributed by atoms with Gasteiger partial charge in [0.1, 0.15) is 9.20 Å². The standard InChI is InChI=1S/C31H26N4O4S/c1-18-24(27(36)35(32-18)21-14-10-11-19(17-21)30(38)39)29-34(20-12-6-5-7-13-20)28(37)25(40-29)26-31(2,3)22-15-8-9-16-23(22)33(26)4/h5-17H,1-4H3,(H,38,39)/p-1/b26-25+,29-24+. The largest absolute Gasteiger partial charge is 0.545 e. The number of carboxylic acid groups (broad SMARTS) is 1. The molecule has 1 aromatic heterocycles. The Morgan fingerprint density at radius 1 is 0.925 bits per heavy atom. The lowest BCUT2D eigenvalue weighted by molar-refractivity contribution is -0.255. The quantitative estimate of drug-likeness (QED) is 0.391. The summed E-state index contributed by atoms with van der Waals surface area (Å²) in [6.45, 7) is 5.91. The number of hydrogen-bond acceptors (Lipinski definition) is 7. The lowest BCUT2D eigenvalue weighted by Crippen LogP contribution is -2.37. The normalized spacial score (nSPS) is 18.7. The molecule has 0 saturated carbocycles. The fourth-order valence-electron chi connectivity index (χ4n) is 5.59. The van der Waals surface area contributed by atoms with Crippen LogP contribution in [0.2, 0.25) is 0 Å². The number of thiazole rings is 1. The van der Waals surface area contributed by atoms with Crippen molar-refractivity contribution in [3.8, 4) is 5.69 Å². The van der Waals surface area contributed by atoms with Crippen molar-refractivity contribution in [3.63, 3.8) is 0 Å². The van der Waals surface area contributed by atoms with Crippen molar-refractivity contribution < 1.29 is 14.7 Å². The predicted octanol–water partition coefficient (Wildman–Crippen LogP) is 2.37. The molecule has 0 fully saturated rings. The van der Waals surface area contributed by atoms with Crippen LogP contribution in [0.3, 0.4) is 0 Å². The molecule has 0 bridgehead atoms. The van der Waals surface area contributed by atoms with Gasteiger partial charge in [-0.2, -0.15) is 10.1 Å². The van der Waals surface area contributed by atoms with Crippen LogP contribution in [-0.2, 0) is 10.2 Å². The van der Waals surface area contributed by atoms with Crippen molar-refractivity contribution in [3.05, 3.63) is 110 Å². The summed E-state index contributed by atoms with van der Waals surface area (Å²) in [6, 6.07) is 23.2. The van der Waals surface area contributed by atoms with Gasteiger partial charge >= 0.3 is 0 Å². The van der Waals surface area contributed by atoms with E-state index in [2.05, 4.69) is 29.9 Å². The molecule has 0 N–H and O–H groups in total. The predicted molar refractivity (Wildman–Crippen MR) is 155 cm³/mol. The second kappa shape index (κ2) is 9.17. The van der Waals surface area contributed by atoms with Gasteiger partial charge in [0.2, 0.25) is 0 Å². The summed E-state index contributed by atoms with van der Waals surface area (Å²) in [4.78, 5) is 41.6. The molecular formula is C31H25N4O4S-. The first-order valence-electron chi connectivity index (χ1n) is 12.7. The van der Waals surface area contributed by atoms with Crippen LogP contribution >= 0.6 is 11.3 Å². The molecule has 40 heavy (non-hydrogen) atoms. The third-order valence-corrected chi connectivity index (χ3v) is 8.61. The van der Waals surface area contributed by atoms with Gasteiger partial charge < -0.3 is 14.8 Å². The fraction of sp³-hybridized carbons (Fsp3) is 0.161. The molecule has 1 amide bonds. The van der Waals surface area contributed by atoms with Crippen molar-refractivity contribution in [2.45, 2.75) is 26.2 Å². The van der Waals surface area contributed by atoms with Crippen LogP contribution in [0.5, 0.6) is 0 Å². The van der Waals surface area contributed by atoms with Gasteiger partial charge in [-0.1, -0.05) is 62.4 Å². The molecule has 4 aromatic rings. The van der Waals surface area contributed by atoms with Gasteiger partial charge in [-0.05, 0) is 48.4 Å². The molecule has 3 heterocycles. The molecule has 0 aliphatic carbocycles. The fourth-order valence-corrected chi connectivity index (χ4v) is 7.07. The monoisotopic (exact) mass is 549 g/mol. The maximum absolute atomic E-state index is 14.3. The summed E-state index contributed by atoms with van der Waals surface area (Å²) < 4.78 is 2.57. The average Bonchev–Trinajstić information content (AvgIpc) is 3.50. The van der Waals surface area contributed by atoms with E-state index in [-0.39, 0.29) is 16.7 Å². The number of carbonyl (C=O) groups excluding carboxylic acids is 2. The zero-order chi connectivity index (χ0) is 28.3. The van der Waals surface area contributed by atoms with Gasteiger partial charge in [0.15, 0.2) is 0 Å². The summed E-state index contributed by atoms with van der Waals surface area (Å²) in [7, 11) is 1.96. The Bertz CT molecular complexity index is 1940. The number of aromatic nitrogens is 1. The van der Waals surface area contributed by atoms with E-state index < -0.39 is 17.3 Å². The number of hydrazone groups is 1. The number of fused-ring (bicyclic) bond motifs is 1. The van der Waals surface area contributed by atoms with Gasteiger partial charge in [-0.3, -0.25) is 14.2 Å². The van der Waals surface area contributed by atoms with E-state index in [0.29, 0.717) is 26.3 Å². The maximum atomic E-state index is 14.3. The Morgan fingerprint density at radius 2 is 1.60 bits per heavy atom. The number of aromatic carboxylic acids is 1. The molecular weight excluding hydrogens is 524 g/mol. The zero-order valence-corrected chi connectivity index (χ0v) is 23.2.